The van der Waals surface area contributed by atoms with Gasteiger partial charge in [0, 0.05) is 25.5 Å². The Morgan fingerprint density at radius 3 is 2.21 bits per heavy atom. The van der Waals surface area contributed by atoms with E-state index in [2.05, 4.69) is 9.72 Å². The largest absolute Gasteiger partial charge is 0.435 e. The topological polar surface area (TPSA) is 111 Å². The van der Waals surface area contributed by atoms with E-state index in [-0.39, 0.29) is 36.6 Å². The first-order chi connectivity index (χ1) is 17.4. The van der Waals surface area contributed by atoms with Crippen molar-refractivity contribution < 1.29 is 48.3 Å². The third kappa shape index (κ3) is 6.08. The Hall–Kier alpha value is -2.81. The number of likely N-dealkylation sites (tertiary alicyclic amines) is 1. The minimum absolute atomic E-state index is 0.0110. The van der Waals surface area contributed by atoms with Gasteiger partial charge in [0.2, 0.25) is 0 Å². The fraction of sp³-hybridized carbons (Fsp3) is 0.478. The second-order valence-electron chi connectivity index (χ2n) is 9.37. The van der Waals surface area contributed by atoms with E-state index in [1.54, 1.807) is 0 Å². The maximum Gasteiger partial charge on any atom is 0.417 e. The standard InChI is InChI=1S/C23H25F5N2O6S2/c1-22(2,38(34,35)17-6-4-5-16(12-17)36-21(24)25)14-7-9-30(10-8-14)20(31)19-18(37(3,32)33)11-15(13-29-19)23(26,27)28/h4-6,11-14,21H,7-10H2,1-3H3. The summed E-state index contributed by atoms with van der Waals surface area (Å²) in [7, 11) is -8.30. The van der Waals surface area contributed by atoms with Crippen LogP contribution in [0, 0.1) is 5.92 Å². The number of hydrogen-bond acceptors (Lipinski definition) is 7. The Morgan fingerprint density at radius 1 is 1.08 bits per heavy atom. The monoisotopic (exact) mass is 584 g/mol. The predicted octanol–water partition coefficient (Wildman–Crippen LogP) is 4.21. The summed E-state index contributed by atoms with van der Waals surface area (Å²) in [5, 5.41) is 0. The summed E-state index contributed by atoms with van der Waals surface area (Å²) in [6.45, 7) is -0.203. The number of sulfone groups is 2. The molecule has 1 aromatic heterocycles. The Morgan fingerprint density at radius 2 is 1.68 bits per heavy atom. The number of amides is 1. The van der Waals surface area contributed by atoms with Gasteiger partial charge in [-0.15, -0.1) is 0 Å². The van der Waals surface area contributed by atoms with Crippen molar-refractivity contribution in [1.29, 1.82) is 0 Å². The van der Waals surface area contributed by atoms with Gasteiger partial charge in [-0.1, -0.05) is 6.07 Å². The van der Waals surface area contributed by atoms with E-state index in [0.717, 1.165) is 6.07 Å². The molecule has 8 nitrogen and oxygen atoms in total. The molecular formula is C23H25F5N2O6S2. The van der Waals surface area contributed by atoms with Gasteiger partial charge in [-0.2, -0.15) is 22.0 Å². The van der Waals surface area contributed by atoms with Gasteiger partial charge < -0.3 is 9.64 Å². The first-order valence-corrected chi connectivity index (χ1v) is 14.6. The molecule has 210 valence electrons. The van der Waals surface area contributed by atoms with E-state index >= 15 is 0 Å². The highest BCUT2D eigenvalue weighted by atomic mass is 32.2. The van der Waals surface area contributed by atoms with Crippen LogP contribution in [0.1, 0.15) is 42.7 Å². The normalized spacial score (nSPS) is 16.1. The minimum atomic E-state index is -4.87. The van der Waals surface area contributed by atoms with Crippen molar-refractivity contribution in [2.45, 2.75) is 54.0 Å². The molecule has 38 heavy (non-hydrogen) atoms. The van der Waals surface area contributed by atoms with Gasteiger partial charge in [0.05, 0.1) is 20.1 Å². The number of benzene rings is 1. The first-order valence-electron chi connectivity index (χ1n) is 11.2. The first kappa shape index (κ1) is 29.7. The maximum absolute atomic E-state index is 13.4. The van der Waals surface area contributed by atoms with E-state index < -0.39 is 65.2 Å². The molecule has 1 aliphatic heterocycles. The third-order valence-corrected chi connectivity index (χ3v) is 10.3. The van der Waals surface area contributed by atoms with Crippen LogP contribution in [0.4, 0.5) is 22.0 Å². The summed E-state index contributed by atoms with van der Waals surface area (Å²) < 4.78 is 118. The number of aromatic nitrogens is 1. The average molecular weight is 585 g/mol. The Kier molecular flexibility index (Phi) is 8.14. The number of nitrogens with zero attached hydrogens (tertiary/aromatic N) is 2. The Bertz CT molecular complexity index is 1420. The number of carbonyl (C=O) groups is 1. The molecule has 1 aromatic carbocycles. The van der Waals surface area contributed by atoms with Gasteiger partial charge in [-0.3, -0.25) is 4.79 Å². The summed E-state index contributed by atoms with van der Waals surface area (Å²) in [5.41, 5.74) is -1.97. The highest BCUT2D eigenvalue weighted by Crippen LogP contribution is 2.39. The van der Waals surface area contributed by atoms with Gasteiger partial charge in [0.1, 0.15) is 11.4 Å². The van der Waals surface area contributed by atoms with Gasteiger partial charge in [-0.05, 0) is 56.9 Å². The minimum Gasteiger partial charge on any atom is -0.435 e. The van der Waals surface area contributed by atoms with Crippen molar-refractivity contribution in [3.63, 3.8) is 0 Å². The molecule has 0 unspecified atom stereocenters. The number of ether oxygens (including phenoxy) is 1. The lowest BCUT2D eigenvalue weighted by Crippen LogP contribution is -2.48. The summed E-state index contributed by atoms with van der Waals surface area (Å²) in [5.74, 6) is -1.70. The molecule has 0 bridgehead atoms. The molecule has 0 saturated carbocycles. The zero-order valence-electron chi connectivity index (χ0n) is 20.5. The zero-order valence-corrected chi connectivity index (χ0v) is 22.1. The lowest BCUT2D eigenvalue weighted by atomic mass is 9.85. The van der Waals surface area contributed by atoms with Crippen molar-refractivity contribution in [2.24, 2.45) is 5.92 Å². The molecule has 1 saturated heterocycles. The fourth-order valence-electron chi connectivity index (χ4n) is 4.31. The highest BCUT2D eigenvalue weighted by molar-refractivity contribution is 7.92. The second-order valence-corrected chi connectivity index (χ2v) is 13.9. The molecule has 0 atom stereocenters. The fourth-order valence-corrected chi connectivity index (χ4v) is 6.95. The van der Waals surface area contributed by atoms with Crippen molar-refractivity contribution in [1.82, 2.24) is 9.88 Å². The third-order valence-electron chi connectivity index (χ3n) is 6.58. The lowest BCUT2D eigenvalue weighted by molar-refractivity contribution is -0.138. The van der Waals surface area contributed by atoms with Crippen LogP contribution in [-0.2, 0) is 25.9 Å². The van der Waals surface area contributed by atoms with Gasteiger partial charge in [0.15, 0.2) is 19.7 Å². The molecule has 15 heteroatoms. The van der Waals surface area contributed by atoms with Crippen LogP contribution in [0.2, 0.25) is 0 Å². The Balaban J connectivity index is 1.82. The number of hydrogen-bond donors (Lipinski definition) is 0. The smallest absolute Gasteiger partial charge is 0.417 e. The molecule has 0 N–H and O–H groups in total. The zero-order chi connectivity index (χ0) is 28.7. The molecule has 1 fully saturated rings. The number of piperidine rings is 1. The Labute approximate surface area is 216 Å². The molecule has 0 aliphatic carbocycles. The molecule has 2 heterocycles. The predicted molar refractivity (Wildman–Crippen MR) is 125 cm³/mol. The van der Waals surface area contributed by atoms with Gasteiger partial charge in [0.25, 0.3) is 5.91 Å². The van der Waals surface area contributed by atoms with E-state index in [9.17, 15) is 43.6 Å². The molecule has 1 amide bonds. The molecule has 1 aliphatic rings. The lowest BCUT2D eigenvalue weighted by Gasteiger charge is -2.40. The average Bonchev–Trinajstić information content (AvgIpc) is 2.82. The van der Waals surface area contributed by atoms with Crippen LogP contribution < -0.4 is 4.74 Å². The second kappa shape index (κ2) is 10.4. The van der Waals surface area contributed by atoms with Crippen LogP contribution in [-0.4, -0.2) is 63.3 Å². The molecule has 3 rings (SSSR count). The number of halogens is 5. The number of alkyl halides is 5. The van der Waals surface area contributed by atoms with Crippen LogP contribution in [0.3, 0.4) is 0 Å². The van der Waals surface area contributed by atoms with E-state index in [1.165, 1.54) is 36.9 Å². The molecule has 0 radical (unpaired) electrons. The number of rotatable bonds is 7. The SMILES string of the molecule is CC(C)(C1CCN(C(=O)c2ncc(C(F)(F)F)cc2S(C)(=O)=O)CC1)S(=O)(=O)c1cccc(OC(F)F)c1. The van der Waals surface area contributed by atoms with Gasteiger partial charge in [-0.25, -0.2) is 21.8 Å². The van der Waals surface area contributed by atoms with Crippen molar-refractivity contribution >= 4 is 25.6 Å². The van der Waals surface area contributed by atoms with Crippen LogP contribution >= 0.6 is 0 Å². The van der Waals surface area contributed by atoms with E-state index in [4.69, 9.17) is 0 Å². The maximum atomic E-state index is 13.4. The van der Waals surface area contributed by atoms with Crippen molar-refractivity contribution in [3.05, 3.63) is 47.8 Å². The quantitative estimate of drug-likeness (QED) is 0.449. The van der Waals surface area contributed by atoms with Crippen molar-refractivity contribution in [2.75, 3.05) is 19.3 Å². The number of pyridine rings is 1. The van der Waals surface area contributed by atoms with Crippen LogP contribution in [0.25, 0.3) is 0 Å². The van der Waals surface area contributed by atoms with E-state index in [1.807, 2.05) is 0 Å². The van der Waals surface area contributed by atoms with E-state index in [0.29, 0.717) is 18.5 Å². The molecule has 2 aromatic rings. The molecular weight excluding hydrogens is 559 g/mol. The summed E-state index contributed by atoms with van der Waals surface area (Å²) >= 11 is 0. The van der Waals surface area contributed by atoms with Gasteiger partial charge >= 0.3 is 12.8 Å². The summed E-state index contributed by atoms with van der Waals surface area (Å²) in [6, 6.07) is 5.10. The van der Waals surface area contributed by atoms with Crippen LogP contribution in [0.5, 0.6) is 5.75 Å². The highest BCUT2D eigenvalue weighted by Gasteiger charge is 2.45. The van der Waals surface area contributed by atoms with Crippen molar-refractivity contribution in [3.8, 4) is 5.75 Å². The van der Waals surface area contributed by atoms with Crippen LogP contribution in [0.15, 0.2) is 46.3 Å². The molecule has 0 spiro atoms. The summed E-state index contributed by atoms with van der Waals surface area (Å²) in [4.78, 5) is 16.7. The summed E-state index contributed by atoms with van der Waals surface area (Å²) in [6.07, 6.45) is -3.48. The number of carbonyl (C=O) groups excluding carboxylic acids is 1.